The molecule has 36 heavy (non-hydrogen) atoms. The van der Waals surface area contributed by atoms with E-state index in [1.807, 2.05) is 13.8 Å². The van der Waals surface area contributed by atoms with Crippen molar-refractivity contribution >= 4 is 27.5 Å². The summed E-state index contributed by atoms with van der Waals surface area (Å²) in [5.74, 6) is -0.292. The van der Waals surface area contributed by atoms with E-state index in [0.29, 0.717) is 36.6 Å². The van der Waals surface area contributed by atoms with Gasteiger partial charge in [0.2, 0.25) is 21.8 Å². The first kappa shape index (κ1) is 29.1. The lowest BCUT2D eigenvalue weighted by Crippen LogP contribution is -2.49. The Morgan fingerprint density at radius 1 is 1.03 bits per heavy atom. The second-order valence-corrected chi connectivity index (χ2v) is 10.2. The quantitative estimate of drug-likeness (QED) is 0.409. The van der Waals surface area contributed by atoms with Crippen LogP contribution in [0.15, 0.2) is 48.5 Å². The van der Waals surface area contributed by atoms with Crippen molar-refractivity contribution < 1.29 is 27.1 Å². The van der Waals surface area contributed by atoms with Gasteiger partial charge in [-0.1, -0.05) is 19.1 Å². The van der Waals surface area contributed by atoms with E-state index in [1.54, 1.807) is 43.3 Å². The molecule has 198 valence electrons. The Labute approximate surface area is 213 Å². The van der Waals surface area contributed by atoms with Gasteiger partial charge in [0.05, 0.1) is 18.6 Å². The highest BCUT2D eigenvalue weighted by molar-refractivity contribution is 7.92. The highest BCUT2D eigenvalue weighted by Crippen LogP contribution is 2.23. The van der Waals surface area contributed by atoms with Crippen LogP contribution >= 0.6 is 0 Å². The first-order valence-electron chi connectivity index (χ1n) is 12.1. The summed E-state index contributed by atoms with van der Waals surface area (Å²) in [5, 5.41) is 2.77. The van der Waals surface area contributed by atoms with Crippen LogP contribution in [0.2, 0.25) is 0 Å². The molecule has 0 saturated heterocycles. The molecule has 1 atom stereocenters. The number of carbonyl (C=O) groups excluding carboxylic acids is 2. The van der Waals surface area contributed by atoms with Crippen LogP contribution in [-0.4, -0.2) is 57.1 Å². The number of likely N-dealkylation sites (N-methyl/N-ethyl adjacent to an activating group) is 1. The topological polar surface area (TPSA) is 96.0 Å². The van der Waals surface area contributed by atoms with Gasteiger partial charge in [-0.25, -0.2) is 12.8 Å². The van der Waals surface area contributed by atoms with Gasteiger partial charge in [-0.3, -0.25) is 13.9 Å². The molecule has 2 aromatic carbocycles. The molecular weight excluding hydrogens is 485 g/mol. The van der Waals surface area contributed by atoms with Gasteiger partial charge >= 0.3 is 0 Å². The summed E-state index contributed by atoms with van der Waals surface area (Å²) < 4.78 is 44.9. The number of carbonyl (C=O) groups is 2. The normalized spacial score (nSPS) is 12.0. The predicted molar refractivity (Wildman–Crippen MR) is 139 cm³/mol. The molecular formula is C26H36FN3O5S. The molecule has 2 rings (SSSR count). The minimum Gasteiger partial charge on any atom is -0.494 e. The molecule has 0 aromatic heterocycles. The second kappa shape index (κ2) is 13.8. The number of nitrogens with one attached hydrogen (secondary N) is 1. The fourth-order valence-electron chi connectivity index (χ4n) is 3.88. The Kier molecular flexibility index (Phi) is 11.2. The van der Waals surface area contributed by atoms with Crippen LogP contribution in [0.3, 0.4) is 0 Å². The maximum absolute atomic E-state index is 13.4. The minimum atomic E-state index is -3.59. The van der Waals surface area contributed by atoms with Crippen LogP contribution in [0.1, 0.15) is 45.6 Å². The molecule has 0 unspecified atom stereocenters. The number of ether oxygens (including phenoxy) is 1. The maximum atomic E-state index is 13.4. The van der Waals surface area contributed by atoms with E-state index in [0.717, 1.165) is 6.26 Å². The zero-order chi connectivity index (χ0) is 26.7. The number of anilines is 1. The van der Waals surface area contributed by atoms with Crippen molar-refractivity contribution in [3.63, 3.8) is 0 Å². The molecule has 2 aromatic rings. The zero-order valence-electron chi connectivity index (χ0n) is 21.4. The van der Waals surface area contributed by atoms with Crippen molar-refractivity contribution in [3.05, 3.63) is 59.9 Å². The molecule has 0 saturated carbocycles. The summed E-state index contributed by atoms with van der Waals surface area (Å²) >= 11 is 0. The van der Waals surface area contributed by atoms with Crippen molar-refractivity contribution in [3.8, 4) is 5.75 Å². The summed E-state index contributed by atoms with van der Waals surface area (Å²) in [7, 11) is -3.59. The standard InChI is InChI=1S/C26H36FN3O5S/c1-5-24(26(32)28-6-2)29(19-20-10-12-21(27)13-11-20)25(31)9-8-18-30(36(4,33)34)22-14-16-23(17-15-22)35-7-3/h10-17,24H,5-9,18-19H2,1-4H3,(H,28,32)/t24-/m1/s1. The van der Waals surface area contributed by atoms with Gasteiger partial charge in [-0.15, -0.1) is 0 Å². The summed E-state index contributed by atoms with van der Waals surface area (Å²) in [6, 6.07) is 11.8. The number of hydrogen-bond acceptors (Lipinski definition) is 5. The van der Waals surface area contributed by atoms with Gasteiger partial charge in [0, 0.05) is 26.1 Å². The van der Waals surface area contributed by atoms with E-state index < -0.39 is 16.1 Å². The Bertz CT molecular complexity index is 1090. The molecule has 0 bridgehead atoms. The molecule has 2 amide bonds. The summed E-state index contributed by atoms with van der Waals surface area (Å²) in [6.07, 6.45) is 1.82. The Morgan fingerprint density at radius 3 is 2.19 bits per heavy atom. The average Bonchev–Trinajstić information content (AvgIpc) is 2.83. The van der Waals surface area contributed by atoms with E-state index in [2.05, 4.69) is 5.32 Å². The van der Waals surface area contributed by atoms with Gasteiger partial charge in [0.15, 0.2) is 0 Å². The monoisotopic (exact) mass is 521 g/mol. The third-order valence-corrected chi connectivity index (χ3v) is 6.79. The van der Waals surface area contributed by atoms with E-state index in [4.69, 9.17) is 4.74 Å². The lowest BCUT2D eigenvalue weighted by Gasteiger charge is -2.31. The summed E-state index contributed by atoms with van der Waals surface area (Å²) in [4.78, 5) is 27.5. The molecule has 8 nitrogen and oxygen atoms in total. The molecule has 10 heteroatoms. The SMILES string of the molecule is CCNC(=O)[C@@H](CC)N(Cc1ccc(F)cc1)C(=O)CCCN(c1ccc(OCC)cc1)S(C)(=O)=O. The predicted octanol–water partition coefficient (Wildman–Crippen LogP) is 3.71. The van der Waals surface area contributed by atoms with Crippen LogP contribution in [0.25, 0.3) is 0 Å². The first-order chi connectivity index (χ1) is 17.1. The van der Waals surface area contributed by atoms with Crippen LogP contribution in [0.5, 0.6) is 5.75 Å². The second-order valence-electron chi connectivity index (χ2n) is 8.33. The van der Waals surface area contributed by atoms with E-state index in [1.165, 1.54) is 21.3 Å². The van der Waals surface area contributed by atoms with Gasteiger partial charge in [-0.2, -0.15) is 0 Å². The minimum absolute atomic E-state index is 0.0418. The van der Waals surface area contributed by atoms with Crippen molar-refractivity contribution in [2.75, 3.05) is 30.3 Å². The molecule has 1 N–H and O–H groups in total. The van der Waals surface area contributed by atoms with E-state index in [-0.39, 0.29) is 43.6 Å². The number of amides is 2. The fourth-order valence-corrected chi connectivity index (χ4v) is 4.84. The lowest BCUT2D eigenvalue weighted by atomic mass is 10.1. The van der Waals surface area contributed by atoms with E-state index in [9.17, 15) is 22.4 Å². The van der Waals surface area contributed by atoms with Crippen molar-refractivity contribution in [2.45, 2.75) is 52.6 Å². The molecule has 0 fully saturated rings. The van der Waals surface area contributed by atoms with E-state index >= 15 is 0 Å². The molecule has 0 aliphatic heterocycles. The van der Waals surface area contributed by atoms with Crippen LogP contribution in [0.4, 0.5) is 10.1 Å². The van der Waals surface area contributed by atoms with Crippen LogP contribution in [-0.2, 0) is 26.2 Å². The highest BCUT2D eigenvalue weighted by atomic mass is 32.2. The third-order valence-electron chi connectivity index (χ3n) is 5.59. The first-order valence-corrected chi connectivity index (χ1v) is 14.0. The fraction of sp³-hybridized carbons (Fsp3) is 0.462. The smallest absolute Gasteiger partial charge is 0.242 e. The van der Waals surface area contributed by atoms with Crippen LogP contribution < -0.4 is 14.4 Å². The van der Waals surface area contributed by atoms with Gasteiger partial charge in [-0.05, 0) is 68.7 Å². The van der Waals surface area contributed by atoms with Crippen molar-refractivity contribution in [1.82, 2.24) is 10.2 Å². The van der Waals surface area contributed by atoms with Gasteiger partial charge in [0.25, 0.3) is 0 Å². The highest BCUT2D eigenvalue weighted by Gasteiger charge is 2.28. The largest absolute Gasteiger partial charge is 0.494 e. The summed E-state index contributed by atoms with van der Waals surface area (Å²) in [5.41, 5.74) is 1.17. The van der Waals surface area contributed by atoms with Crippen LogP contribution in [0, 0.1) is 5.82 Å². The molecule has 0 aliphatic carbocycles. The van der Waals surface area contributed by atoms with Crippen molar-refractivity contribution in [2.24, 2.45) is 0 Å². The lowest BCUT2D eigenvalue weighted by molar-refractivity contribution is -0.141. The van der Waals surface area contributed by atoms with Gasteiger partial charge < -0.3 is 15.0 Å². The van der Waals surface area contributed by atoms with Crippen molar-refractivity contribution in [1.29, 1.82) is 0 Å². The maximum Gasteiger partial charge on any atom is 0.242 e. The number of benzene rings is 2. The molecule has 0 aliphatic rings. The Morgan fingerprint density at radius 2 is 1.67 bits per heavy atom. The molecule has 0 spiro atoms. The third kappa shape index (κ3) is 8.51. The number of rotatable bonds is 14. The van der Waals surface area contributed by atoms with Gasteiger partial charge in [0.1, 0.15) is 17.6 Å². The molecule has 0 heterocycles. The number of nitrogens with zero attached hydrogens (tertiary/aromatic N) is 2. The summed E-state index contributed by atoms with van der Waals surface area (Å²) in [6.45, 7) is 6.66. The Balaban J connectivity index is 2.17. The molecule has 0 radical (unpaired) electrons. The number of halogens is 1. The Hall–Kier alpha value is -3.14. The average molecular weight is 522 g/mol. The number of hydrogen-bond donors (Lipinski definition) is 1. The zero-order valence-corrected chi connectivity index (χ0v) is 22.2. The number of sulfonamides is 1.